The van der Waals surface area contributed by atoms with E-state index in [9.17, 15) is 0 Å². The lowest BCUT2D eigenvalue weighted by atomic mass is 10.4. The van der Waals surface area contributed by atoms with Gasteiger partial charge in [0.25, 0.3) is 0 Å². The minimum atomic E-state index is 0.480. The van der Waals surface area contributed by atoms with Crippen molar-refractivity contribution >= 4 is 17.8 Å². The Kier molecular flexibility index (Phi) is 3.80. The number of anilines is 3. The maximum absolute atomic E-state index is 4.48. The molecule has 0 radical (unpaired) electrons. The summed E-state index contributed by atoms with van der Waals surface area (Å²) in [5, 5.41) is 10.3. The van der Waals surface area contributed by atoms with E-state index in [1.807, 2.05) is 7.05 Å². The smallest absolute Gasteiger partial charge is 0.231 e. The van der Waals surface area contributed by atoms with Gasteiger partial charge in [-0.3, -0.25) is 4.68 Å². The van der Waals surface area contributed by atoms with Gasteiger partial charge in [0.05, 0.1) is 6.54 Å². The Morgan fingerprint density at radius 2 is 1.90 bits per heavy atom. The summed E-state index contributed by atoms with van der Waals surface area (Å²) in [6.45, 7) is 2.47. The SMILES string of the molecule is CNc1nc(NCc2ncn(C)n2)nc(N2CCCC2)n1. The number of hydrogen-bond acceptors (Lipinski definition) is 8. The van der Waals surface area contributed by atoms with E-state index in [1.54, 1.807) is 18.1 Å². The van der Waals surface area contributed by atoms with Crippen molar-refractivity contribution in [2.45, 2.75) is 19.4 Å². The molecular weight excluding hydrogens is 270 g/mol. The lowest BCUT2D eigenvalue weighted by Gasteiger charge is -2.16. The van der Waals surface area contributed by atoms with Crippen LogP contribution < -0.4 is 15.5 Å². The van der Waals surface area contributed by atoms with E-state index in [0.717, 1.165) is 13.1 Å². The zero-order valence-electron chi connectivity index (χ0n) is 12.2. The quantitative estimate of drug-likeness (QED) is 0.809. The predicted octanol–water partition coefficient (Wildman–Crippen LogP) is 0.254. The maximum atomic E-state index is 4.48. The van der Waals surface area contributed by atoms with Gasteiger partial charge in [0.2, 0.25) is 17.8 Å². The first-order valence-corrected chi connectivity index (χ1v) is 7.02. The second-order valence-corrected chi connectivity index (χ2v) is 4.91. The highest BCUT2D eigenvalue weighted by Gasteiger charge is 2.17. The van der Waals surface area contributed by atoms with E-state index in [-0.39, 0.29) is 0 Å². The van der Waals surface area contributed by atoms with Crippen LogP contribution in [0.3, 0.4) is 0 Å². The second-order valence-electron chi connectivity index (χ2n) is 4.91. The molecule has 1 aliphatic heterocycles. The molecule has 21 heavy (non-hydrogen) atoms. The van der Waals surface area contributed by atoms with Gasteiger partial charge < -0.3 is 15.5 Å². The van der Waals surface area contributed by atoms with Crippen LogP contribution in [-0.4, -0.2) is 49.9 Å². The summed E-state index contributed by atoms with van der Waals surface area (Å²) in [4.78, 5) is 19.5. The average molecular weight is 289 g/mol. The molecule has 0 aliphatic carbocycles. The molecule has 3 heterocycles. The van der Waals surface area contributed by atoms with Gasteiger partial charge in [0.1, 0.15) is 6.33 Å². The topological polar surface area (TPSA) is 96.7 Å². The van der Waals surface area contributed by atoms with Gasteiger partial charge in [0, 0.05) is 27.2 Å². The molecule has 0 unspecified atom stereocenters. The third kappa shape index (κ3) is 3.18. The number of nitrogens with zero attached hydrogens (tertiary/aromatic N) is 7. The van der Waals surface area contributed by atoms with Crippen molar-refractivity contribution in [1.82, 2.24) is 29.7 Å². The second kappa shape index (κ2) is 5.90. The Morgan fingerprint density at radius 3 is 2.57 bits per heavy atom. The number of nitrogens with one attached hydrogen (secondary N) is 2. The zero-order valence-corrected chi connectivity index (χ0v) is 12.2. The summed E-state index contributed by atoms with van der Waals surface area (Å²) in [6.07, 6.45) is 4.03. The molecule has 1 saturated heterocycles. The molecule has 0 bridgehead atoms. The predicted molar refractivity (Wildman–Crippen MR) is 79.2 cm³/mol. The Bertz CT molecular complexity index is 603. The molecular formula is C12H19N9. The van der Waals surface area contributed by atoms with Gasteiger partial charge in [-0.25, -0.2) is 4.98 Å². The third-order valence-corrected chi connectivity index (χ3v) is 3.29. The van der Waals surface area contributed by atoms with Crippen LogP contribution in [0.5, 0.6) is 0 Å². The van der Waals surface area contributed by atoms with E-state index >= 15 is 0 Å². The normalized spacial score (nSPS) is 14.5. The van der Waals surface area contributed by atoms with Crippen LogP contribution in [-0.2, 0) is 13.6 Å². The van der Waals surface area contributed by atoms with E-state index in [1.165, 1.54) is 12.8 Å². The highest BCUT2D eigenvalue weighted by Crippen LogP contribution is 2.18. The minimum absolute atomic E-state index is 0.480. The molecule has 2 N–H and O–H groups in total. The first-order valence-electron chi connectivity index (χ1n) is 7.02. The van der Waals surface area contributed by atoms with Crippen molar-refractivity contribution in [3.63, 3.8) is 0 Å². The Morgan fingerprint density at radius 1 is 1.14 bits per heavy atom. The molecule has 3 rings (SSSR count). The van der Waals surface area contributed by atoms with Crippen molar-refractivity contribution in [1.29, 1.82) is 0 Å². The van der Waals surface area contributed by atoms with Crippen molar-refractivity contribution in [3.05, 3.63) is 12.2 Å². The zero-order chi connectivity index (χ0) is 14.7. The highest BCUT2D eigenvalue weighted by atomic mass is 15.3. The van der Waals surface area contributed by atoms with E-state index in [4.69, 9.17) is 0 Å². The van der Waals surface area contributed by atoms with E-state index in [2.05, 4.69) is 40.6 Å². The van der Waals surface area contributed by atoms with Gasteiger partial charge in [-0.15, -0.1) is 0 Å². The fraction of sp³-hybridized carbons (Fsp3) is 0.583. The Balaban J connectivity index is 1.75. The molecule has 112 valence electrons. The van der Waals surface area contributed by atoms with Crippen LogP contribution in [0.4, 0.5) is 17.8 Å². The Hall–Kier alpha value is -2.45. The van der Waals surface area contributed by atoms with Crippen LogP contribution >= 0.6 is 0 Å². The molecule has 1 aliphatic rings. The standard InChI is InChI=1S/C12H19N9/c1-13-10-16-11(14-7-9-15-8-20(2)19-9)18-12(17-10)21-5-3-4-6-21/h8H,3-7H2,1-2H3,(H2,13,14,16,17,18). The molecule has 1 fully saturated rings. The number of aromatic nitrogens is 6. The van der Waals surface area contributed by atoms with Crippen LogP contribution in [0, 0.1) is 0 Å². The molecule has 0 saturated carbocycles. The summed E-state index contributed by atoms with van der Waals surface area (Å²) < 4.78 is 1.67. The third-order valence-electron chi connectivity index (χ3n) is 3.29. The van der Waals surface area contributed by atoms with Gasteiger partial charge in [-0.1, -0.05) is 0 Å². The Labute approximate surface area is 122 Å². The van der Waals surface area contributed by atoms with E-state index in [0.29, 0.717) is 30.2 Å². The number of hydrogen-bond donors (Lipinski definition) is 2. The lowest BCUT2D eigenvalue weighted by molar-refractivity contribution is 0.746. The molecule has 2 aromatic heterocycles. The molecule has 0 spiro atoms. The van der Waals surface area contributed by atoms with Gasteiger partial charge >= 0.3 is 0 Å². The molecule has 0 atom stereocenters. The maximum Gasteiger partial charge on any atom is 0.231 e. The number of rotatable bonds is 5. The summed E-state index contributed by atoms with van der Waals surface area (Å²) in [5.74, 6) is 2.50. The summed E-state index contributed by atoms with van der Waals surface area (Å²) in [5.41, 5.74) is 0. The van der Waals surface area contributed by atoms with Crippen LogP contribution in [0.25, 0.3) is 0 Å². The van der Waals surface area contributed by atoms with Crippen LogP contribution in [0.1, 0.15) is 18.7 Å². The van der Waals surface area contributed by atoms with Crippen molar-refractivity contribution in [3.8, 4) is 0 Å². The van der Waals surface area contributed by atoms with Gasteiger partial charge in [-0.2, -0.15) is 20.1 Å². The number of aryl methyl sites for hydroxylation is 1. The molecule has 9 heteroatoms. The fourth-order valence-electron chi connectivity index (χ4n) is 2.24. The van der Waals surface area contributed by atoms with Crippen LogP contribution in [0.15, 0.2) is 6.33 Å². The first-order chi connectivity index (χ1) is 10.2. The fourth-order valence-corrected chi connectivity index (χ4v) is 2.24. The van der Waals surface area contributed by atoms with Crippen LogP contribution in [0.2, 0.25) is 0 Å². The monoisotopic (exact) mass is 289 g/mol. The summed E-state index contributed by atoms with van der Waals surface area (Å²) in [7, 11) is 3.64. The molecule has 2 aromatic rings. The highest BCUT2D eigenvalue weighted by molar-refractivity contribution is 5.44. The van der Waals surface area contributed by atoms with Gasteiger partial charge in [0.15, 0.2) is 5.82 Å². The minimum Gasteiger partial charge on any atom is -0.357 e. The lowest BCUT2D eigenvalue weighted by Crippen LogP contribution is -2.22. The van der Waals surface area contributed by atoms with Gasteiger partial charge in [-0.05, 0) is 12.8 Å². The first kappa shape index (κ1) is 13.5. The van der Waals surface area contributed by atoms with Crippen molar-refractivity contribution in [2.24, 2.45) is 7.05 Å². The summed E-state index contributed by atoms with van der Waals surface area (Å²) >= 11 is 0. The van der Waals surface area contributed by atoms with Crippen molar-refractivity contribution < 1.29 is 0 Å². The largest absolute Gasteiger partial charge is 0.357 e. The summed E-state index contributed by atoms with van der Waals surface area (Å²) in [6, 6.07) is 0. The van der Waals surface area contributed by atoms with Crippen molar-refractivity contribution in [2.75, 3.05) is 35.7 Å². The van der Waals surface area contributed by atoms with E-state index < -0.39 is 0 Å². The molecule has 0 amide bonds. The molecule has 0 aromatic carbocycles. The molecule has 9 nitrogen and oxygen atoms in total. The average Bonchev–Trinajstić information content (AvgIpc) is 3.16.